The summed E-state index contributed by atoms with van der Waals surface area (Å²) in [6.07, 6.45) is 11.1. The van der Waals surface area contributed by atoms with Gasteiger partial charge in [0.25, 0.3) is 5.56 Å². The van der Waals surface area contributed by atoms with Crippen LogP contribution >= 0.6 is 11.3 Å². The monoisotopic (exact) mass is 346 g/mol. The molecule has 2 aromatic rings. The van der Waals surface area contributed by atoms with Gasteiger partial charge in [-0.3, -0.25) is 14.2 Å². The van der Waals surface area contributed by atoms with Crippen molar-refractivity contribution in [1.82, 2.24) is 9.55 Å². The van der Waals surface area contributed by atoms with Crippen molar-refractivity contribution < 1.29 is 9.53 Å². The largest absolute Gasteiger partial charge is 0.461 e. The van der Waals surface area contributed by atoms with E-state index < -0.39 is 0 Å². The van der Waals surface area contributed by atoms with Crippen molar-refractivity contribution >= 4 is 27.5 Å². The third kappa shape index (κ3) is 2.99. The molecule has 4 rings (SSSR count). The summed E-state index contributed by atoms with van der Waals surface area (Å²) in [6.45, 7) is -0.0388. The molecule has 24 heavy (non-hydrogen) atoms. The van der Waals surface area contributed by atoms with Gasteiger partial charge in [0.15, 0.2) is 0 Å². The standard InChI is InChI=1S/C18H22N2O3S/c21-15(23-12-6-2-1-3-7-12)10-20-11-19-17-16(18(20)22)13-8-4-5-9-14(13)24-17/h11-12H,1-10H2. The number of carbonyl (C=O) groups is 1. The number of rotatable bonds is 3. The summed E-state index contributed by atoms with van der Waals surface area (Å²) in [7, 11) is 0. The van der Waals surface area contributed by atoms with Crippen LogP contribution in [0.2, 0.25) is 0 Å². The Kier molecular flexibility index (Phi) is 4.39. The van der Waals surface area contributed by atoms with Crippen molar-refractivity contribution in [2.45, 2.75) is 70.4 Å². The fourth-order valence-electron chi connectivity index (χ4n) is 3.84. The smallest absolute Gasteiger partial charge is 0.326 e. The van der Waals surface area contributed by atoms with E-state index in [9.17, 15) is 9.59 Å². The van der Waals surface area contributed by atoms with Crippen molar-refractivity contribution in [2.24, 2.45) is 0 Å². The third-order valence-electron chi connectivity index (χ3n) is 5.09. The molecule has 0 aromatic carbocycles. The van der Waals surface area contributed by atoms with Gasteiger partial charge in [-0.15, -0.1) is 11.3 Å². The fourth-order valence-corrected chi connectivity index (χ4v) is 5.06. The van der Waals surface area contributed by atoms with Gasteiger partial charge in [0.1, 0.15) is 17.5 Å². The molecule has 2 aliphatic carbocycles. The second-order valence-corrected chi connectivity index (χ2v) is 7.90. The molecular weight excluding hydrogens is 324 g/mol. The molecule has 5 nitrogen and oxygen atoms in total. The molecule has 0 spiro atoms. The molecule has 128 valence electrons. The van der Waals surface area contributed by atoms with Gasteiger partial charge in [-0.1, -0.05) is 6.42 Å². The summed E-state index contributed by atoms with van der Waals surface area (Å²) < 4.78 is 6.94. The Morgan fingerprint density at radius 1 is 1.21 bits per heavy atom. The molecular formula is C18H22N2O3S. The average Bonchev–Trinajstić information content (AvgIpc) is 2.97. The van der Waals surface area contributed by atoms with Gasteiger partial charge in [-0.2, -0.15) is 0 Å². The zero-order valence-electron chi connectivity index (χ0n) is 13.8. The maximum atomic E-state index is 12.8. The van der Waals surface area contributed by atoms with Crippen LogP contribution in [0.4, 0.5) is 0 Å². The highest BCUT2D eigenvalue weighted by Crippen LogP contribution is 2.33. The second-order valence-electron chi connectivity index (χ2n) is 6.82. The van der Waals surface area contributed by atoms with Crippen molar-refractivity contribution in [3.63, 3.8) is 0 Å². The summed E-state index contributed by atoms with van der Waals surface area (Å²) in [6, 6.07) is 0. The van der Waals surface area contributed by atoms with Crippen LogP contribution in [-0.4, -0.2) is 21.6 Å². The van der Waals surface area contributed by atoms with Crippen LogP contribution in [0, 0.1) is 0 Å². The summed E-state index contributed by atoms with van der Waals surface area (Å²) in [5, 5.41) is 0.725. The number of hydrogen-bond donors (Lipinski definition) is 0. The first-order valence-corrected chi connectivity index (χ1v) is 9.73. The molecule has 0 amide bonds. The van der Waals surface area contributed by atoms with E-state index >= 15 is 0 Å². The maximum absolute atomic E-state index is 12.8. The highest BCUT2D eigenvalue weighted by atomic mass is 32.1. The Hall–Kier alpha value is -1.69. The summed E-state index contributed by atoms with van der Waals surface area (Å²) in [4.78, 5) is 31.5. The lowest BCUT2D eigenvalue weighted by Gasteiger charge is -2.21. The molecule has 0 bridgehead atoms. The maximum Gasteiger partial charge on any atom is 0.326 e. The van der Waals surface area contributed by atoms with Gasteiger partial charge in [-0.05, 0) is 56.9 Å². The minimum absolute atomic E-state index is 0.0209. The highest BCUT2D eigenvalue weighted by molar-refractivity contribution is 7.18. The van der Waals surface area contributed by atoms with E-state index in [0.29, 0.717) is 0 Å². The van der Waals surface area contributed by atoms with Crippen LogP contribution in [0.25, 0.3) is 10.2 Å². The van der Waals surface area contributed by atoms with Gasteiger partial charge < -0.3 is 4.74 Å². The molecule has 2 aliphatic rings. The number of ether oxygens (including phenoxy) is 1. The number of carbonyl (C=O) groups excluding carboxylic acids is 1. The number of aryl methyl sites for hydroxylation is 2. The van der Waals surface area contributed by atoms with Crippen LogP contribution in [0.1, 0.15) is 55.4 Å². The molecule has 0 N–H and O–H groups in total. The number of thiophene rings is 1. The molecule has 0 radical (unpaired) electrons. The van der Waals surface area contributed by atoms with E-state index in [0.717, 1.165) is 60.7 Å². The minimum Gasteiger partial charge on any atom is -0.461 e. The number of nitrogens with zero attached hydrogens (tertiary/aromatic N) is 2. The molecule has 0 saturated heterocycles. The molecule has 1 fully saturated rings. The van der Waals surface area contributed by atoms with Crippen LogP contribution in [0.3, 0.4) is 0 Å². The highest BCUT2D eigenvalue weighted by Gasteiger charge is 2.22. The lowest BCUT2D eigenvalue weighted by Crippen LogP contribution is -2.29. The number of esters is 1. The Labute approximate surface area is 144 Å². The van der Waals surface area contributed by atoms with Gasteiger partial charge in [0, 0.05) is 4.88 Å². The topological polar surface area (TPSA) is 61.2 Å². The Morgan fingerprint density at radius 2 is 2.00 bits per heavy atom. The van der Waals surface area contributed by atoms with Crippen LogP contribution in [0.5, 0.6) is 0 Å². The summed E-state index contributed by atoms with van der Waals surface area (Å²) in [5.41, 5.74) is 1.06. The normalized spacial score (nSPS) is 18.5. The van der Waals surface area contributed by atoms with Gasteiger partial charge in [-0.25, -0.2) is 4.98 Å². The van der Waals surface area contributed by atoms with Crippen molar-refractivity contribution in [3.8, 4) is 0 Å². The Balaban J connectivity index is 1.57. The van der Waals surface area contributed by atoms with Crippen molar-refractivity contribution in [3.05, 3.63) is 27.1 Å². The van der Waals surface area contributed by atoms with E-state index in [2.05, 4.69) is 4.98 Å². The lowest BCUT2D eigenvalue weighted by atomic mass is 9.97. The van der Waals surface area contributed by atoms with E-state index in [1.54, 1.807) is 11.3 Å². The third-order valence-corrected chi connectivity index (χ3v) is 6.29. The zero-order valence-corrected chi connectivity index (χ0v) is 14.6. The van der Waals surface area contributed by atoms with E-state index in [4.69, 9.17) is 4.74 Å². The Bertz CT molecular complexity index is 818. The molecule has 0 unspecified atom stereocenters. The molecule has 0 atom stereocenters. The number of fused-ring (bicyclic) bond motifs is 3. The summed E-state index contributed by atoms with van der Waals surface area (Å²) in [5.74, 6) is -0.325. The number of hydrogen-bond acceptors (Lipinski definition) is 5. The Morgan fingerprint density at radius 3 is 2.83 bits per heavy atom. The first-order valence-electron chi connectivity index (χ1n) is 8.91. The zero-order chi connectivity index (χ0) is 16.5. The first kappa shape index (κ1) is 15.8. The SMILES string of the molecule is O=C(Cn1cnc2sc3c(c2c1=O)CCCC3)OC1CCCCC1. The van der Waals surface area contributed by atoms with E-state index in [1.807, 2.05) is 0 Å². The van der Waals surface area contributed by atoms with Crippen molar-refractivity contribution in [1.29, 1.82) is 0 Å². The van der Waals surface area contributed by atoms with Crippen LogP contribution in [0.15, 0.2) is 11.1 Å². The molecule has 6 heteroatoms. The first-order chi connectivity index (χ1) is 11.7. The molecule has 2 heterocycles. The van der Waals surface area contributed by atoms with Crippen LogP contribution < -0.4 is 5.56 Å². The van der Waals surface area contributed by atoms with Crippen molar-refractivity contribution in [2.75, 3.05) is 0 Å². The summed E-state index contributed by atoms with van der Waals surface area (Å²) >= 11 is 1.63. The minimum atomic E-state index is -0.325. The molecule has 0 aliphatic heterocycles. The van der Waals surface area contributed by atoms with Gasteiger partial charge >= 0.3 is 5.97 Å². The van der Waals surface area contributed by atoms with E-state index in [-0.39, 0.29) is 24.2 Å². The van der Waals surface area contributed by atoms with E-state index in [1.165, 1.54) is 28.6 Å². The molecule has 2 aromatic heterocycles. The predicted molar refractivity (Wildman–Crippen MR) is 93.5 cm³/mol. The number of aromatic nitrogens is 2. The molecule has 1 saturated carbocycles. The lowest BCUT2D eigenvalue weighted by molar-refractivity contribution is -0.151. The average molecular weight is 346 g/mol. The van der Waals surface area contributed by atoms with Crippen LogP contribution in [-0.2, 0) is 28.9 Å². The van der Waals surface area contributed by atoms with Gasteiger partial charge in [0.05, 0.1) is 11.7 Å². The quantitative estimate of drug-likeness (QED) is 0.801. The second kappa shape index (κ2) is 6.67. The fraction of sp³-hybridized carbons (Fsp3) is 0.611. The predicted octanol–water partition coefficient (Wildman–Crippen LogP) is 3.21. The van der Waals surface area contributed by atoms with Gasteiger partial charge in [0.2, 0.25) is 0 Å².